The van der Waals surface area contributed by atoms with E-state index in [2.05, 4.69) is 53.4 Å². The van der Waals surface area contributed by atoms with Gasteiger partial charge in [0.05, 0.1) is 5.69 Å². The van der Waals surface area contributed by atoms with Crippen molar-refractivity contribution < 1.29 is 0 Å². The van der Waals surface area contributed by atoms with E-state index in [1.54, 1.807) is 11.8 Å². The van der Waals surface area contributed by atoms with Crippen molar-refractivity contribution in [3.05, 3.63) is 72.1 Å². The van der Waals surface area contributed by atoms with E-state index in [-0.39, 0.29) is 0 Å². The average Bonchev–Trinajstić information content (AvgIpc) is 2.98. The molecule has 21 heavy (non-hydrogen) atoms. The molecule has 0 aliphatic carbocycles. The highest BCUT2D eigenvalue weighted by atomic mass is 32.2. The van der Waals surface area contributed by atoms with Crippen molar-refractivity contribution in [1.29, 1.82) is 0 Å². The van der Waals surface area contributed by atoms with E-state index in [0.717, 1.165) is 28.8 Å². The Kier molecular flexibility index (Phi) is 4.36. The summed E-state index contributed by atoms with van der Waals surface area (Å²) in [5.74, 6) is 1.78. The Bertz CT molecular complexity index is 693. The molecule has 2 aromatic carbocycles. The van der Waals surface area contributed by atoms with Gasteiger partial charge < -0.3 is 0 Å². The molecule has 0 saturated carbocycles. The van der Waals surface area contributed by atoms with E-state index in [4.69, 9.17) is 0 Å². The summed E-state index contributed by atoms with van der Waals surface area (Å²) in [6.07, 6.45) is 0.846. The monoisotopic (exact) mass is 295 g/mol. The van der Waals surface area contributed by atoms with Crippen molar-refractivity contribution in [1.82, 2.24) is 14.8 Å². The van der Waals surface area contributed by atoms with Gasteiger partial charge in [-0.2, -0.15) is 5.10 Å². The fraction of sp³-hybridized carbons (Fsp3) is 0.176. The van der Waals surface area contributed by atoms with Gasteiger partial charge in [-0.05, 0) is 17.7 Å². The molecular formula is C17H17N3S. The quantitative estimate of drug-likeness (QED) is 0.663. The highest BCUT2D eigenvalue weighted by Crippen LogP contribution is 2.23. The Hall–Kier alpha value is -2.07. The zero-order valence-electron chi connectivity index (χ0n) is 11.9. The number of aromatic nitrogens is 3. The van der Waals surface area contributed by atoms with Gasteiger partial charge in [0.2, 0.25) is 0 Å². The minimum atomic E-state index is 0.846. The second-order valence-corrected chi connectivity index (χ2v) is 5.63. The van der Waals surface area contributed by atoms with Gasteiger partial charge in [-0.1, -0.05) is 67.2 Å². The summed E-state index contributed by atoms with van der Waals surface area (Å²) in [5.41, 5.74) is 2.35. The maximum absolute atomic E-state index is 4.63. The molecule has 4 heteroatoms. The number of hydrogen-bond acceptors (Lipinski definition) is 3. The Labute approximate surface area is 129 Å². The number of thioether (sulfide) groups is 1. The van der Waals surface area contributed by atoms with Crippen LogP contribution in [0.5, 0.6) is 0 Å². The smallest absolute Gasteiger partial charge is 0.191 e. The lowest BCUT2D eigenvalue weighted by Crippen LogP contribution is -1.98. The van der Waals surface area contributed by atoms with Crippen LogP contribution in [-0.4, -0.2) is 14.8 Å². The number of nitrogens with zero attached hydrogens (tertiary/aromatic N) is 3. The summed E-state index contributed by atoms with van der Waals surface area (Å²) in [4.78, 5) is 4.63. The van der Waals surface area contributed by atoms with Crippen LogP contribution in [0.4, 0.5) is 0 Å². The molecule has 0 aliphatic heterocycles. The van der Waals surface area contributed by atoms with Crippen LogP contribution in [0.2, 0.25) is 0 Å². The third kappa shape index (κ3) is 3.34. The Morgan fingerprint density at radius 2 is 1.62 bits per heavy atom. The molecule has 0 unspecified atom stereocenters. The van der Waals surface area contributed by atoms with Crippen LogP contribution in [0.25, 0.3) is 5.69 Å². The summed E-state index contributed by atoms with van der Waals surface area (Å²) >= 11 is 1.72. The van der Waals surface area contributed by atoms with Crippen LogP contribution in [0.1, 0.15) is 18.3 Å². The molecule has 1 aromatic heterocycles. The molecule has 0 fully saturated rings. The predicted molar refractivity (Wildman–Crippen MR) is 86.7 cm³/mol. The second-order valence-electron chi connectivity index (χ2n) is 4.69. The molecule has 0 radical (unpaired) electrons. The molecule has 0 saturated heterocycles. The first-order chi connectivity index (χ1) is 10.4. The summed E-state index contributed by atoms with van der Waals surface area (Å²) < 4.78 is 1.94. The van der Waals surface area contributed by atoms with Crippen LogP contribution >= 0.6 is 11.8 Å². The van der Waals surface area contributed by atoms with Crippen LogP contribution < -0.4 is 0 Å². The van der Waals surface area contributed by atoms with E-state index in [9.17, 15) is 0 Å². The summed E-state index contributed by atoms with van der Waals surface area (Å²) in [6, 6.07) is 20.6. The first kappa shape index (κ1) is 13.9. The molecule has 3 nitrogen and oxygen atoms in total. The molecule has 3 aromatic rings. The van der Waals surface area contributed by atoms with E-state index in [0.29, 0.717) is 0 Å². The topological polar surface area (TPSA) is 30.7 Å². The summed E-state index contributed by atoms with van der Waals surface area (Å²) in [7, 11) is 0. The average molecular weight is 295 g/mol. The van der Waals surface area contributed by atoms with Crippen LogP contribution in [-0.2, 0) is 12.2 Å². The number of para-hydroxylation sites is 1. The fourth-order valence-corrected chi connectivity index (χ4v) is 2.97. The molecule has 0 spiro atoms. The Morgan fingerprint density at radius 3 is 2.29 bits per heavy atom. The number of aryl methyl sites for hydroxylation is 1. The van der Waals surface area contributed by atoms with Crippen LogP contribution in [0.3, 0.4) is 0 Å². The lowest BCUT2D eigenvalue weighted by Gasteiger charge is -2.05. The van der Waals surface area contributed by atoms with Gasteiger partial charge in [0, 0.05) is 12.2 Å². The molecule has 1 heterocycles. The van der Waals surface area contributed by atoms with E-state index in [1.807, 2.05) is 28.9 Å². The van der Waals surface area contributed by atoms with Gasteiger partial charge in [0.15, 0.2) is 11.0 Å². The van der Waals surface area contributed by atoms with Crippen molar-refractivity contribution in [2.24, 2.45) is 0 Å². The van der Waals surface area contributed by atoms with Crippen molar-refractivity contribution in [3.63, 3.8) is 0 Å². The molecule has 3 rings (SSSR count). The zero-order valence-corrected chi connectivity index (χ0v) is 12.8. The fourth-order valence-electron chi connectivity index (χ4n) is 2.04. The molecule has 106 valence electrons. The first-order valence-corrected chi connectivity index (χ1v) is 8.03. The minimum Gasteiger partial charge on any atom is -0.208 e. The maximum Gasteiger partial charge on any atom is 0.191 e. The highest BCUT2D eigenvalue weighted by Gasteiger charge is 2.11. The highest BCUT2D eigenvalue weighted by molar-refractivity contribution is 7.98. The zero-order chi connectivity index (χ0) is 14.5. The largest absolute Gasteiger partial charge is 0.208 e. The lowest BCUT2D eigenvalue weighted by atomic mass is 10.2. The minimum absolute atomic E-state index is 0.846. The van der Waals surface area contributed by atoms with Crippen molar-refractivity contribution in [2.75, 3.05) is 0 Å². The van der Waals surface area contributed by atoms with E-state index >= 15 is 0 Å². The molecule has 0 N–H and O–H groups in total. The number of hydrogen-bond donors (Lipinski definition) is 0. The van der Waals surface area contributed by atoms with E-state index in [1.165, 1.54) is 5.56 Å². The van der Waals surface area contributed by atoms with Gasteiger partial charge in [-0.3, -0.25) is 0 Å². The number of benzene rings is 2. The summed E-state index contributed by atoms with van der Waals surface area (Å²) in [5, 5.41) is 5.54. The van der Waals surface area contributed by atoms with Crippen molar-refractivity contribution >= 4 is 11.8 Å². The molecule has 0 amide bonds. The Morgan fingerprint density at radius 1 is 0.952 bits per heavy atom. The number of rotatable bonds is 5. The third-order valence-corrected chi connectivity index (χ3v) is 4.15. The van der Waals surface area contributed by atoms with Gasteiger partial charge in [-0.15, -0.1) is 0 Å². The molecule has 0 bridgehead atoms. The second kappa shape index (κ2) is 6.59. The van der Waals surface area contributed by atoms with Gasteiger partial charge in [-0.25, -0.2) is 9.67 Å². The molecule has 0 atom stereocenters. The summed E-state index contributed by atoms with van der Waals surface area (Å²) in [6.45, 7) is 2.08. The first-order valence-electron chi connectivity index (χ1n) is 7.05. The van der Waals surface area contributed by atoms with E-state index < -0.39 is 0 Å². The lowest BCUT2D eigenvalue weighted by molar-refractivity contribution is 0.777. The predicted octanol–water partition coefficient (Wildman–Crippen LogP) is 4.12. The Balaban J connectivity index is 1.86. The normalized spacial score (nSPS) is 10.7. The maximum atomic E-state index is 4.63. The van der Waals surface area contributed by atoms with Gasteiger partial charge in [0.25, 0.3) is 0 Å². The van der Waals surface area contributed by atoms with Gasteiger partial charge >= 0.3 is 0 Å². The van der Waals surface area contributed by atoms with Gasteiger partial charge in [0.1, 0.15) is 0 Å². The van der Waals surface area contributed by atoms with Crippen molar-refractivity contribution in [3.8, 4) is 5.69 Å². The molecular weight excluding hydrogens is 278 g/mol. The standard InChI is InChI=1S/C17H17N3S/c1-2-16-18-17(21-13-14-9-5-3-6-10-14)20(19-16)15-11-7-4-8-12-15/h3-12H,2,13H2,1H3. The van der Waals surface area contributed by atoms with Crippen molar-refractivity contribution in [2.45, 2.75) is 24.3 Å². The van der Waals surface area contributed by atoms with Crippen LogP contribution in [0, 0.1) is 0 Å². The SMILES string of the molecule is CCc1nc(SCc2ccccc2)n(-c2ccccc2)n1. The van der Waals surface area contributed by atoms with Crippen LogP contribution in [0.15, 0.2) is 65.8 Å². The molecule has 0 aliphatic rings. The third-order valence-electron chi connectivity index (χ3n) is 3.15.